The summed E-state index contributed by atoms with van der Waals surface area (Å²) in [7, 11) is 0. The van der Waals surface area contributed by atoms with E-state index in [-0.39, 0.29) is 0 Å². The van der Waals surface area contributed by atoms with Crippen molar-refractivity contribution in [2.75, 3.05) is 13.2 Å². The third-order valence-corrected chi connectivity index (χ3v) is 4.75. The first-order valence-electron chi connectivity index (χ1n) is 8.13. The second kappa shape index (κ2) is 7.08. The van der Waals surface area contributed by atoms with Crippen LogP contribution < -0.4 is 0 Å². The number of aliphatic imine (C=N–C) groups is 1. The Kier molecular flexibility index (Phi) is 4.66. The van der Waals surface area contributed by atoms with Crippen molar-refractivity contribution in [1.82, 2.24) is 10.0 Å². The minimum atomic E-state index is 0.562. The highest BCUT2D eigenvalue weighted by molar-refractivity contribution is 6.31. The molecule has 0 fully saturated rings. The summed E-state index contributed by atoms with van der Waals surface area (Å²) in [6.07, 6.45) is 3.58. The van der Waals surface area contributed by atoms with E-state index >= 15 is 0 Å². The molecule has 1 aliphatic rings. The van der Waals surface area contributed by atoms with Crippen LogP contribution in [0.4, 0.5) is 0 Å². The average molecular weight is 374 g/mol. The van der Waals surface area contributed by atoms with Gasteiger partial charge < -0.3 is 9.82 Å². The van der Waals surface area contributed by atoms with Gasteiger partial charge in [-0.2, -0.15) is 0 Å². The van der Waals surface area contributed by atoms with Crippen molar-refractivity contribution < 1.29 is 4.84 Å². The number of H-pyrrole nitrogens is 1. The summed E-state index contributed by atoms with van der Waals surface area (Å²) in [5, 5.41) is 4.53. The molecule has 0 unspecified atom stereocenters. The molecular formula is C19H17Cl2N3O. The van der Waals surface area contributed by atoms with E-state index in [2.05, 4.69) is 9.98 Å². The molecule has 0 saturated heterocycles. The number of aromatic amines is 1. The number of hydrogen-bond acceptors (Lipinski definition) is 3. The van der Waals surface area contributed by atoms with Gasteiger partial charge in [-0.3, -0.25) is 0 Å². The lowest BCUT2D eigenvalue weighted by Crippen LogP contribution is -2.23. The van der Waals surface area contributed by atoms with Gasteiger partial charge >= 0.3 is 0 Å². The third kappa shape index (κ3) is 3.82. The van der Waals surface area contributed by atoms with E-state index in [4.69, 9.17) is 28.0 Å². The largest absolute Gasteiger partial charge is 0.388 e. The summed E-state index contributed by atoms with van der Waals surface area (Å²) < 4.78 is 0. The Morgan fingerprint density at radius 2 is 1.88 bits per heavy atom. The van der Waals surface area contributed by atoms with Crippen molar-refractivity contribution in [2.24, 2.45) is 4.99 Å². The van der Waals surface area contributed by atoms with Crippen LogP contribution in [0.15, 0.2) is 53.7 Å². The minimum Gasteiger partial charge on any atom is -0.388 e. The van der Waals surface area contributed by atoms with Crippen LogP contribution in [0, 0.1) is 0 Å². The molecule has 25 heavy (non-hydrogen) atoms. The molecule has 4 rings (SSSR count). The van der Waals surface area contributed by atoms with Crippen molar-refractivity contribution in [3.05, 3.63) is 69.8 Å². The highest BCUT2D eigenvalue weighted by Gasteiger charge is 2.18. The number of benzene rings is 2. The highest BCUT2D eigenvalue weighted by atomic mass is 35.5. The third-order valence-electron chi connectivity index (χ3n) is 4.27. The van der Waals surface area contributed by atoms with Crippen molar-refractivity contribution in [2.45, 2.75) is 12.8 Å². The molecule has 0 spiro atoms. The van der Waals surface area contributed by atoms with Crippen molar-refractivity contribution in [3.63, 3.8) is 0 Å². The van der Waals surface area contributed by atoms with Crippen LogP contribution in [0.2, 0.25) is 10.0 Å². The van der Waals surface area contributed by atoms with Gasteiger partial charge in [0.05, 0.1) is 6.42 Å². The fourth-order valence-corrected chi connectivity index (χ4v) is 3.25. The van der Waals surface area contributed by atoms with Gasteiger partial charge in [-0.05, 0) is 47.9 Å². The smallest absolute Gasteiger partial charge is 0.215 e. The second-order valence-electron chi connectivity index (χ2n) is 6.05. The molecule has 2 aromatic carbocycles. The van der Waals surface area contributed by atoms with Gasteiger partial charge in [0.15, 0.2) is 0 Å². The second-order valence-corrected chi connectivity index (χ2v) is 6.92. The van der Waals surface area contributed by atoms with E-state index in [1.165, 1.54) is 5.56 Å². The fraction of sp³-hybridized carbons (Fsp3) is 0.211. The van der Waals surface area contributed by atoms with Crippen LogP contribution in [-0.4, -0.2) is 29.2 Å². The number of hydroxylamine groups is 2. The van der Waals surface area contributed by atoms with E-state index in [1.54, 1.807) is 0 Å². The monoisotopic (exact) mass is 373 g/mol. The maximum absolute atomic E-state index is 6.11. The van der Waals surface area contributed by atoms with Gasteiger partial charge in [-0.25, -0.2) is 4.99 Å². The van der Waals surface area contributed by atoms with Gasteiger partial charge in [-0.1, -0.05) is 35.3 Å². The first-order valence-corrected chi connectivity index (χ1v) is 8.89. The Morgan fingerprint density at radius 1 is 1.08 bits per heavy atom. The standard InChI is InChI=1S/C19H17Cl2N3O/c20-15-3-1-13(2-4-15)9-19-23-12-24(25-19)8-7-14-11-22-18-6-5-16(21)10-17(14)18/h1-6,10-11,22H,7-9,12H2. The summed E-state index contributed by atoms with van der Waals surface area (Å²) in [6, 6.07) is 13.6. The molecule has 1 N–H and O–H groups in total. The molecule has 0 bridgehead atoms. The number of nitrogens with one attached hydrogen (secondary N) is 1. The molecule has 0 amide bonds. The van der Waals surface area contributed by atoms with Gasteiger partial charge in [-0.15, -0.1) is 5.06 Å². The van der Waals surface area contributed by atoms with E-state index in [9.17, 15) is 0 Å². The van der Waals surface area contributed by atoms with E-state index < -0.39 is 0 Å². The van der Waals surface area contributed by atoms with E-state index in [0.29, 0.717) is 13.1 Å². The Balaban J connectivity index is 1.34. The molecule has 0 radical (unpaired) electrons. The number of halogens is 2. The highest BCUT2D eigenvalue weighted by Crippen LogP contribution is 2.23. The van der Waals surface area contributed by atoms with Crippen LogP contribution in [-0.2, 0) is 17.7 Å². The quantitative estimate of drug-likeness (QED) is 0.693. The van der Waals surface area contributed by atoms with Crippen molar-refractivity contribution in [3.8, 4) is 0 Å². The average Bonchev–Trinajstić information content (AvgIpc) is 3.21. The fourth-order valence-electron chi connectivity index (χ4n) is 2.95. The van der Waals surface area contributed by atoms with Crippen LogP contribution >= 0.6 is 23.2 Å². The molecule has 2 heterocycles. The van der Waals surface area contributed by atoms with Crippen LogP contribution in [0.5, 0.6) is 0 Å². The zero-order valence-corrected chi connectivity index (χ0v) is 15.0. The molecule has 1 aliphatic heterocycles. The summed E-state index contributed by atoms with van der Waals surface area (Å²) in [5.74, 6) is 0.740. The van der Waals surface area contributed by atoms with Crippen molar-refractivity contribution in [1.29, 1.82) is 0 Å². The summed E-state index contributed by atoms with van der Waals surface area (Å²) in [6.45, 7) is 1.33. The predicted molar refractivity (Wildman–Crippen MR) is 102 cm³/mol. The molecule has 0 aliphatic carbocycles. The maximum Gasteiger partial charge on any atom is 0.215 e. The number of aromatic nitrogens is 1. The molecule has 3 aromatic rings. The predicted octanol–water partition coefficient (Wildman–Crippen LogP) is 4.86. The van der Waals surface area contributed by atoms with Gasteiger partial charge in [0.2, 0.25) is 5.90 Å². The number of fused-ring (bicyclic) bond motifs is 1. The lowest BCUT2D eigenvalue weighted by molar-refractivity contribution is -0.0492. The first kappa shape index (κ1) is 16.5. The van der Waals surface area contributed by atoms with Gasteiger partial charge in [0.1, 0.15) is 6.67 Å². The normalized spacial score (nSPS) is 14.7. The Hall–Kier alpha value is -2.01. The lowest BCUT2D eigenvalue weighted by atomic mass is 10.1. The van der Waals surface area contributed by atoms with E-state index in [0.717, 1.165) is 45.4 Å². The first-order chi connectivity index (χ1) is 12.2. The van der Waals surface area contributed by atoms with Crippen LogP contribution in [0.1, 0.15) is 11.1 Å². The molecule has 0 atom stereocenters. The number of hydrogen-bond donors (Lipinski definition) is 1. The summed E-state index contributed by atoms with van der Waals surface area (Å²) in [4.78, 5) is 13.6. The Bertz CT molecular complexity index is 918. The molecular weight excluding hydrogens is 357 g/mol. The molecule has 1 aromatic heterocycles. The van der Waals surface area contributed by atoms with Crippen molar-refractivity contribution >= 4 is 40.0 Å². The molecule has 6 heteroatoms. The molecule has 0 saturated carbocycles. The van der Waals surface area contributed by atoms with Gasteiger partial charge in [0, 0.05) is 33.7 Å². The zero-order valence-electron chi connectivity index (χ0n) is 13.5. The topological polar surface area (TPSA) is 40.6 Å². The van der Waals surface area contributed by atoms with Crippen LogP contribution in [0.3, 0.4) is 0 Å². The Labute approximate surface area is 156 Å². The zero-order chi connectivity index (χ0) is 17.2. The number of rotatable bonds is 5. The van der Waals surface area contributed by atoms with Gasteiger partial charge in [0.25, 0.3) is 0 Å². The van der Waals surface area contributed by atoms with E-state index in [1.807, 2.05) is 53.7 Å². The Morgan fingerprint density at radius 3 is 2.72 bits per heavy atom. The minimum absolute atomic E-state index is 0.562. The SMILES string of the molecule is Clc1ccc(CC2=NCN(CCc3c[nH]c4ccc(Cl)cc34)O2)cc1. The maximum atomic E-state index is 6.11. The molecule has 4 nitrogen and oxygen atoms in total. The lowest BCUT2D eigenvalue weighted by Gasteiger charge is -2.14. The van der Waals surface area contributed by atoms with Crippen LogP contribution in [0.25, 0.3) is 10.9 Å². The summed E-state index contributed by atoms with van der Waals surface area (Å²) >= 11 is 12.0. The summed E-state index contributed by atoms with van der Waals surface area (Å²) in [5.41, 5.74) is 3.46. The molecule has 128 valence electrons. The number of nitrogens with zero attached hydrogens (tertiary/aromatic N) is 2.